The van der Waals surface area contributed by atoms with E-state index >= 15 is 0 Å². The minimum Gasteiger partial charge on any atom is -0.467 e. The van der Waals surface area contributed by atoms with E-state index in [1.165, 1.54) is 32.4 Å². The van der Waals surface area contributed by atoms with Gasteiger partial charge in [0.15, 0.2) is 0 Å². The highest BCUT2D eigenvalue weighted by atomic mass is 16.6. The fraction of sp³-hybridized carbons (Fsp3) is 0.333. The molecule has 0 bridgehead atoms. The van der Waals surface area contributed by atoms with E-state index < -0.39 is 16.9 Å². The number of nitro groups is 1. The molecule has 1 atom stereocenters. The number of hydrogen-bond donors (Lipinski definition) is 1. The van der Waals surface area contributed by atoms with E-state index in [1.54, 1.807) is 0 Å². The maximum Gasteiger partial charge on any atom is 0.328 e. The van der Waals surface area contributed by atoms with Gasteiger partial charge in [0.25, 0.3) is 0 Å². The molecule has 86 valence electrons. The first kappa shape index (κ1) is 11.9. The number of anilines is 1. The molecule has 0 aliphatic rings. The van der Waals surface area contributed by atoms with Gasteiger partial charge in [0, 0.05) is 12.3 Å². The minimum absolute atomic E-state index is 0.0467. The van der Waals surface area contributed by atoms with Crippen LogP contribution in [0.15, 0.2) is 18.3 Å². The number of methoxy groups -OCH3 is 1. The van der Waals surface area contributed by atoms with Crippen LogP contribution in [0.5, 0.6) is 0 Å². The standard InChI is InChI=1S/C9H11N3O4/c1-6(9(13)16-2)11-8-7(12(14)15)4-3-5-10-8/h3-6H,1-2H3,(H,10,11)/t6-/m1/s1. The second-order valence-corrected chi connectivity index (χ2v) is 3.02. The van der Waals surface area contributed by atoms with E-state index in [4.69, 9.17) is 0 Å². The number of hydrogen-bond acceptors (Lipinski definition) is 6. The summed E-state index contributed by atoms with van der Waals surface area (Å²) in [5.74, 6) is -0.467. The summed E-state index contributed by atoms with van der Waals surface area (Å²) in [4.78, 5) is 25.0. The zero-order valence-corrected chi connectivity index (χ0v) is 8.84. The van der Waals surface area contributed by atoms with Crippen molar-refractivity contribution in [3.05, 3.63) is 28.4 Å². The first-order valence-electron chi connectivity index (χ1n) is 4.50. The number of carbonyl (C=O) groups excluding carboxylic acids is 1. The number of carbonyl (C=O) groups is 1. The topological polar surface area (TPSA) is 94.4 Å². The summed E-state index contributed by atoms with van der Waals surface area (Å²) in [7, 11) is 1.24. The van der Waals surface area contributed by atoms with Gasteiger partial charge in [-0.3, -0.25) is 10.1 Å². The van der Waals surface area contributed by atoms with Crippen LogP contribution in [0.3, 0.4) is 0 Å². The number of ether oxygens (including phenoxy) is 1. The van der Waals surface area contributed by atoms with Crippen molar-refractivity contribution in [2.45, 2.75) is 13.0 Å². The third-order valence-corrected chi connectivity index (χ3v) is 1.89. The molecule has 1 aromatic rings. The van der Waals surface area contributed by atoms with Crippen molar-refractivity contribution in [3.63, 3.8) is 0 Å². The lowest BCUT2D eigenvalue weighted by molar-refractivity contribution is -0.384. The number of rotatable bonds is 4. The van der Waals surface area contributed by atoms with Gasteiger partial charge in [-0.05, 0) is 13.0 Å². The van der Waals surface area contributed by atoms with Gasteiger partial charge in [0.05, 0.1) is 12.0 Å². The average Bonchev–Trinajstić information content (AvgIpc) is 2.28. The van der Waals surface area contributed by atoms with Gasteiger partial charge in [-0.1, -0.05) is 0 Å². The van der Waals surface area contributed by atoms with Gasteiger partial charge >= 0.3 is 11.7 Å². The zero-order valence-electron chi connectivity index (χ0n) is 8.84. The molecule has 0 spiro atoms. The summed E-state index contributed by atoms with van der Waals surface area (Å²) >= 11 is 0. The molecule has 0 radical (unpaired) electrons. The lowest BCUT2D eigenvalue weighted by Gasteiger charge is -2.11. The van der Waals surface area contributed by atoms with Crippen LogP contribution in [-0.2, 0) is 9.53 Å². The Balaban J connectivity index is 2.88. The van der Waals surface area contributed by atoms with Crippen molar-refractivity contribution in [3.8, 4) is 0 Å². The zero-order chi connectivity index (χ0) is 12.1. The number of nitrogens with zero attached hydrogens (tertiary/aromatic N) is 2. The predicted octanol–water partition coefficient (Wildman–Crippen LogP) is 0.963. The lowest BCUT2D eigenvalue weighted by Crippen LogP contribution is -2.27. The van der Waals surface area contributed by atoms with Gasteiger partial charge in [-0.15, -0.1) is 0 Å². The number of nitrogens with one attached hydrogen (secondary N) is 1. The smallest absolute Gasteiger partial charge is 0.328 e. The average molecular weight is 225 g/mol. The molecule has 0 unspecified atom stereocenters. The molecule has 16 heavy (non-hydrogen) atoms. The number of pyridine rings is 1. The molecule has 1 rings (SSSR count). The van der Waals surface area contributed by atoms with Crippen molar-refractivity contribution < 1.29 is 14.5 Å². The van der Waals surface area contributed by atoms with Crippen LogP contribution in [0, 0.1) is 10.1 Å². The second kappa shape index (κ2) is 5.06. The predicted molar refractivity (Wildman–Crippen MR) is 56.0 cm³/mol. The van der Waals surface area contributed by atoms with E-state index in [-0.39, 0.29) is 11.5 Å². The molecule has 1 aromatic heterocycles. The SMILES string of the molecule is COC(=O)[C@@H](C)Nc1ncccc1[N+](=O)[O-]. The molecule has 0 saturated carbocycles. The Hall–Kier alpha value is -2.18. The molecular formula is C9H11N3O4. The summed E-state index contributed by atoms with van der Waals surface area (Å²) in [6.45, 7) is 1.53. The molecule has 0 aliphatic heterocycles. The molecule has 0 saturated heterocycles. The maximum atomic E-state index is 11.1. The molecule has 7 nitrogen and oxygen atoms in total. The van der Waals surface area contributed by atoms with Crippen molar-refractivity contribution in [2.75, 3.05) is 12.4 Å². The summed E-state index contributed by atoms with van der Waals surface area (Å²) in [6.07, 6.45) is 1.40. The molecule has 0 amide bonds. The van der Waals surface area contributed by atoms with Crippen LogP contribution in [-0.4, -0.2) is 29.0 Å². The van der Waals surface area contributed by atoms with E-state index in [2.05, 4.69) is 15.0 Å². The Morgan fingerprint density at radius 3 is 2.94 bits per heavy atom. The van der Waals surface area contributed by atoms with Crippen LogP contribution >= 0.6 is 0 Å². The maximum absolute atomic E-state index is 11.1. The van der Waals surface area contributed by atoms with Gasteiger partial charge < -0.3 is 10.1 Å². The second-order valence-electron chi connectivity index (χ2n) is 3.02. The highest BCUT2D eigenvalue weighted by Gasteiger charge is 2.19. The van der Waals surface area contributed by atoms with Crippen LogP contribution < -0.4 is 5.32 Å². The van der Waals surface area contributed by atoms with Gasteiger partial charge in [-0.2, -0.15) is 0 Å². The Kier molecular flexibility index (Phi) is 3.76. The first-order chi connectivity index (χ1) is 7.56. The first-order valence-corrected chi connectivity index (χ1v) is 4.50. The van der Waals surface area contributed by atoms with Gasteiger partial charge in [0.1, 0.15) is 6.04 Å². The third kappa shape index (κ3) is 2.66. The normalized spacial score (nSPS) is 11.6. The minimum atomic E-state index is -0.696. The molecular weight excluding hydrogens is 214 g/mol. The van der Waals surface area contributed by atoms with Crippen LogP contribution in [0.25, 0.3) is 0 Å². The monoisotopic (exact) mass is 225 g/mol. The summed E-state index contributed by atoms with van der Waals surface area (Å²) < 4.78 is 4.49. The fourth-order valence-corrected chi connectivity index (χ4v) is 1.10. The highest BCUT2D eigenvalue weighted by molar-refractivity contribution is 5.79. The van der Waals surface area contributed by atoms with E-state index in [0.29, 0.717) is 0 Å². The van der Waals surface area contributed by atoms with Crippen LogP contribution in [0.1, 0.15) is 6.92 Å². The van der Waals surface area contributed by atoms with E-state index in [9.17, 15) is 14.9 Å². The highest BCUT2D eigenvalue weighted by Crippen LogP contribution is 2.20. The summed E-state index contributed by atoms with van der Waals surface area (Å²) in [5.41, 5.74) is -0.182. The molecule has 0 aromatic carbocycles. The lowest BCUT2D eigenvalue weighted by atomic mass is 10.3. The van der Waals surface area contributed by atoms with Gasteiger partial charge in [0.2, 0.25) is 5.82 Å². The molecule has 1 heterocycles. The van der Waals surface area contributed by atoms with Crippen molar-refractivity contribution in [1.29, 1.82) is 0 Å². The largest absolute Gasteiger partial charge is 0.467 e. The fourth-order valence-electron chi connectivity index (χ4n) is 1.10. The van der Waals surface area contributed by atoms with Crippen molar-refractivity contribution in [2.24, 2.45) is 0 Å². The quantitative estimate of drug-likeness (QED) is 0.466. The molecule has 0 aliphatic carbocycles. The molecule has 0 fully saturated rings. The van der Waals surface area contributed by atoms with E-state index in [1.807, 2.05) is 0 Å². The molecule has 1 N–H and O–H groups in total. The van der Waals surface area contributed by atoms with Crippen LogP contribution in [0.4, 0.5) is 11.5 Å². The Morgan fingerprint density at radius 2 is 2.38 bits per heavy atom. The van der Waals surface area contributed by atoms with Gasteiger partial charge in [-0.25, -0.2) is 9.78 Å². The number of aromatic nitrogens is 1. The van der Waals surface area contributed by atoms with Crippen LogP contribution in [0.2, 0.25) is 0 Å². The van der Waals surface area contributed by atoms with Crippen molar-refractivity contribution >= 4 is 17.5 Å². The molecule has 7 heteroatoms. The van der Waals surface area contributed by atoms with Crippen molar-refractivity contribution in [1.82, 2.24) is 4.98 Å². The third-order valence-electron chi connectivity index (χ3n) is 1.89. The summed E-state index contributed by atoms with van der Waals surface area (Å²) in [5, 5.41) is 13.3. The Morgan fingerprint density at radius 1 is 1.69 bits per heavy atom. The summed E-state index contributed by atoms with van der Waals surface area (Å²) in [6, 6.07) is 2.06. The number of esters is 1. The Bertz CT molecular complexity index is 407. The Labute approximate surface area is 91.6 Å². The van der Waals surface area contributed by atoms with E-state index in [0.717, 1.165) is 0 Å².